The van der Waals surface area contributed by atoms with Gasteiger partial charge in [0.05, 0.1) is 20.6 Å². The fourth-order valence-corrected chi connectivity index (χ4v) is 1.52. The molecule has 0 heterocycles. The highest BCUT2D eigenvalue weighted by Gasteiger charge is 2.00. The normalized spacial score (nSPS) is 12.9. The van der Waals surface area contributed by atoms with Crippen molar-refractivity contribution in [3.05, 3.63) is 5.21 Å². The van der Waals surface area contributed by atoms with Gasteiger partial charge in [0.1, 0.15) is 0 Å². The van der Waals surface area contributed by atoms with Gasteiger partial charge in [-0.15, -0.1) is 0 Å². The molecule has 1 atom stereocenters. The first kappa shape index (κ1) is 18.3. The maximum absolute atomic E-state index is 10.6. The number of hydroxylamine groups is 3. The van der Waals surface area contributed by atoms with Crippen LogP contribution in [0, 0.1) is 11.1 Å². The molecule has 0 aliphatic heterocycles. The minimum atomic E-state index is -0.156. The zero-order chi connectivity index (χ0) is 13.0. The quantitative estimate of drug-likeness (QED) is 0.541. The van der Waals surface area contributed by atoms with Gasteiger partial charge in [0.15, 0.2) is 0 Å². The molecule has 100 valence electrons. The van der Waals surface area contributed by atoms with E-state index in [9.17, 15) is 5.21 Å². The van der Waals surface area contributed by atoms with E-state index >= 15 is 0 Å². The number of unbranched alkanes of at least 4 members (excludes halogenated alkanes) is 1. The Morgan fingerprint density at radius 2 is 1.69 bits per heavy atom. The molecule has 0 radical (unpaired) electrons. The Morgan fingerprint density at radius 3 is 1.88 bits per heavy atom. The molecular formula is C13H32N2O. The van der Waals surface area contributed by atoms with Crippen LogP contribution in [0.5, 0.6) is 0 Å². The molecule has 0 saturated carbocycles. The molecule has 1 unspecified atom stereocenters. The van der Waals surface area contributed by atoms with Gasteiger partial charge in [0.25, 0.3) is 0 Å². The number of quaternary nitrogens is 1. The second kappa shape index (κ2) is 11.4. The molecule has 3 nitrogen and oxygen atoms in total. The third kappa shape index (κ3) is 16.3. The standard InChI is InChI=1S/C8H19N.C5H13NO/c1-3-5-6-8(4-2)7-9;1-4-5-6(2,3)7/h8H,3-7,9H2,1-2H3;4-5H2,1-3H3. The Morgan fingerprint density at radius 1 is 1.12 bits per heavy atom. The average Bonchev–Trinajstić information content (AvgIpc) is 2.19. The van der Waals surface area contributed by atoms with E-state index in [1.807, 2.05) is 6.92 Å². The van der Waals surface area contributed by atoms with Gasteiger partial charge in [0.2, 0.25) is 0 Å². The smallest absolute Gasteiger partial charge is 0.0777 e. The van der Waals surface area contributed by atoms with Gasteiger partial charge in [-0.05, 0) is 25.3 Å². The molecular weight excluding hydrogens is 200 g/mol. The average molecular weight is 232 g/mol. The van der Waals surface area contributed by atoms with Gasteiger partial charge in [0, 0.05) is 0 Å². The summed E-state index contributed by atoms with van der Waals surface area (Å²) >= 11 is 0. The van der Waals surface area contributed by atoms with E-state index in [2.05, 4.69) is 13.8 Å². The van der Waals surface area contributed by atoms with E-state index in [-0.39, 0.29) is 4.65 Å². The lowest BCUT2D eigenvalue weighted by atomic mass is 10.00. The van der Waals surface area contributed by atoms with Gasteiger partial charge in [-0.1, -0.05) is 40.0 Å². The molecule has 0 aromatic rings. The minimum Gasteiger partial charge on any atom is -0.633 e. The summed E-state index contributed by atoms with van der Waals surface area (Å²) in [6, 6.07) is 0. The zero-order valence-electron chi connectivity index (χ0n) is 12.0. The summed E-state index contributed by atoms with van der Waals surface area (Å²) in [7, 11) is 3.31. The van der Waals surface area contributed by atoms with E-state index in [0.29, 0.717) is 0 Å². The molecule has 3 heteroatoms. The molecule has 0 aliphatic carbocycles. The van der Waals surface area contributed by atoms with Crippen molar-refractivity contribution in [1.29, 1.82) is 0 Å². The maximum atomic E-state index is 10.6. The van der Waals surface area contributed by atoms with Gasteiger partial charge in [-0.25, -0.2) is 0 Å². The number of nitrogens with zero attached hydrogens (tertiary/aromatic N) is 1. The van der Waals surface area contributed by atoms with E-state index in [1.54, 1.807) is 14.1 Å². The fraction of sp³-hybridized carbons (Fsp3) is 1.00. The highest BCUT2D eigenvalue weighted by atomic mass is 16.5. The van der Waals surface area contributed by atoms with Crippen LogP contribution in [-0.2, 0) is 0 Å². The van der Waals surface area contributed by atoms with Crippen molar-refractivity contribution in [2.45, 2.75) is 52.9 Å². The van der Waals surface area contributed by atoms with Crippen LogP contribution in [0.1, 0.15) is 52.9 Å². The van der Waals surface area contributed by atoms with Crippen molar-refractivity contribution in [2.24, 2.45) is 11.7 Å². The van der Waals surface area contributed by atoms with Crippen LogP contribution in [0.25, 0.3) is 0 Å². The van der Waals surface area contributed by atoms with Gasteiger partial charge in [-0.2, -0.15) is 0 Å². The fourth-order valence-electron chi connectivity index (χ4n) is 1.52. The number of rotatable bonds is 7. The van der Waals surface area contributed by atoms with Crippen molar-refractivity contribution in [1.82, 2.24) is 0 Å². The van der Waals surface area contributed by atoms with E-state index < -0.39 is 0 Å². The van der Waals surface area contributed by atoms with Crippen molar-refractivity contribution in [3.63, 3.8) is 0 Å². The van der Waals surface area contributed by atoms with Crippen LogP contribution < -0.4 is 5.73 Å². The Labute approximate surface area is 102 Å². The second-order valence-corrected chi connectivity index (χ2v) is 4.95. The molecule has 0 spiro atoms. The van der Waals surface area contributed by atoms with Crippen molar-refractivity contribution < 1.29 is 4.65 Å². The molecule has 0 bridgehead atoms. The summed E-state index contributed by atoms with van der Waals surface area (Å²) in [6.45, 7) is 8.05. The Bertz CT molecular complexity index is 128. The van der Waals surface area contributed by atoms with Crippen molar-refractivity contribution >= 4 is 0 Å². The lowest BCUT2D eigenvalue weighted by Gasteiger charge is -2.33. The minimum absolute atomic E-state index is 0.156. The summed E-state index contributed by atoms with van der Waals surface area (Å²) in [6.07, 6.45) is 6.18. The van der Waals surface area contributed by atoms with E-state index in [4.69, 9.17) is 5.73 Å². The Hall–Kier alpha value is -0.120. The SMILES string of the molecule is CCCCC(CC)CN.CCC[N+](C)(C)[O-]. The van der Waals surface area contributed by atoms with Crippen LogP contribution in [0.3, 0.4) is 0 Å². The molecule has 0 aromatic carbocycles. The van der Waals surface area contributed by atoms with E-state index in [1.165, 1.54) is 25.7 Å². The van der Waals surface area contributed by atoms with Gasteiger partial charge < -0.3 is 15.6 Å². The second-order valence-electron chi connectivity index (χ2n) is 4.95. The van der Waals surface area contributed by atoms with Gasteiger partial charge >= 0.3 is 0 Å². The maximum Gasteiger partial charge on any atom is 0.0777 e. The molecule has 0 amide bonds. The number of nitrogens with two attached hydrogens (primary N) is 1. The van der Waals surface area contributed by atoms with Crippen molar-refractivity contribution in [3.8, 4) is 0 Å². The lowest BCUT2D eigenvalue weighted by molar-refractivity contribution is -0.839. The molecule has 0 rings (SSSR count). The Balaban J connectivity index is 0. The predicted molar refractivity (Wildman–Crippen MR) is 73.0 cm³/mol. The summed E-state index contributed by atoms with van der Waals surface area (Å²) in [5.41, 5.74) is 5.52. The van der Waals surface area contributed by atoms with Crippen molar-refractivity contribution in [2.75, 3.05) is 27.2 Å². The van der Waals surface area contributed by atoms with Crippen LogP contribution >= 0.6 is 0 Å². The first-order valence-electron chi connectivity index (χ1n) is 6.65. The molecule has 2 N–H and O–H groups in total. The summed E-state index contributed by atoms with van der Waals surface area (Å²) in [5.74, 6) is 0.782. The Kier molecular flexibility index (Phi) is 13.0. The summed E-state index contributed by atoms with van der Waals surface area (Å²) < 4.78 is -0.156. The van der Waals surface area contributed by atoms with Crippen LogP contribution in [0.15, 0.2) is 0 Å². The lowest BCUT2D eigenvalue weighted by Crippen LogP contribution is -2.32. The number of hydrogen-bond acceptors (Lipinski definition) is 2. The zero-order valence-corrected chi connectivity index (χ0v) is 12.0. The van der Waals surface area contributed by atoms with E-state index in [0.717, 1.165) is 25.4 Å². The molecule has 16 heavy (non-hydrogen) atoms. The summed E-state index contributed by atoms with van der Waals surface area (Å²) in [4.78, 5) is 0. The third-order valence-electron chi connectivity index (χ3n) is 2.64. The highest BCUT2D eigenvalue weighted by Crippen LogP contribution is 2.09. The monoisotopic (exact) mass is 232 g/mol. The number of hydrogen-bond donors (Lipinski definition) is 1. The van der Waals surface area contributed by atoms with Crippen LogP contribution in [0.4, 0.5) is 0 Å². The third-order valence-corrected chi connectivity index (χ3v) is 2.64. The highest BCUT2D eigenvalue weighted by molar-refractivity contribution is 4.56. The van der Waals surface area contributed by atoms with Gasteiger partial charge in [-0.3, -0.25) is 0 Å². The van der Waals surface area contributed by atoms with Crippen LogP contribution in [-0.4, -0.2) is 31.8 Å². The largest absolute Gasteiger partial charge is 0.633 e. The molecule has 0 fully saturated rings. The predicted octanol–water partition coefficient (Wildman–Crippen LogP) is 3.13. The first-order valence-corrected chi connectivity index (χ1v) is 6.65. The first-order chi connectivity index (χ1) is 7.41. The summed E-state index contributed by atoms with van der Waals surface area (Å²) in [5, 5.41) is 10.6. The topological polar surface area (TPSA) is 49.1 Å². The van der Waals surface area contributed by atoms with Crippen LogP contribution in [0.2, 0.25) is 0 Å². The molecule has 0 aliphatic rings. The molecule has 0 aromatic heterocycles. The molecule has 0 saturated heterocycles.